The van der Waals surface area contributed by atoms with Crippen molar-refractivity contribution in [3.05, 3.63) is 53.7 Å². The molecular formula is C24H32N4O2. The Morgan fingerprint density at radius 1 is 1.27 bits per heavy atom. The minimum absolute atomic E-state index is 0.0813. The number of carbonyl (C=O) groups is 1. The van der Waals surface area contributed by atoms with E-state index in [1.807, 2.05) is 56.6 Å². The Labute approximate surface area is 178 Å². The number of carbonyl (C=O) groups excluding carboxylic acids is 1. The zero-order valence-electron chi connectivity index (χ0n) is 17.9. The Hall–Kier alpha value is -2.86. The van der Waals surface area contributed by atoms with Crippen LogP contribution in [-0.2, 0) is 11.2 Å². The van der Waals surface area contributed by atoms with E-state index >= 15 is 0 Å². The standard InChI is InChI=1S/C24H32N4O2/c1-4-22(20-14-15-27-23(20)26-3)30-19-12-10-17(11-13-19)16-21(25-2)24(29)28-18-8-6-5-7-9-18/h4,10-15,18,21,25,27H,3,5-9,16H2,1-2H3,(H,28,29)/b22-4+/t21-/m0/s1. The number of aromatic nitrogens is 1. The van der Waals surface area contributed by atoms with Crippen LogP contribution >= 0.6 is 0 Å². The first-order chi connectivity index (χ1) is 14.6. The fraction of sp³-hybridized carbons (Fsp3) is 0.417. The number of hydrogen-bond donors (Lipinski definition) is 3. The molecule has 1 aromatic carbocycles. The van der Waals surface area contributed by atoms with Crippen LogP contribution in [0.5, 0.6) is 5.75 Å². The molecule has 0 saturated heterocycles. The third kappa shape index (κ3) is 5.60. The van der Waals surface area contributed by atoms with Gasteiger partial charge in [-0.1, -0.05) is 31.4 Å². The number of H-pyrrole nitrogens is 1. The molecule has 6 heteroatoms. The monoisotopic (exact) mass is 408 g/mol. The van der Waals surface area contributed by atoms with Crippen molar-refractivity contribution >= 4 is 24.2 Å². The minimum Gasteiger partial charge on any atom is -0.457 e. The van der Waals surface area contributed by atoms with E-state index in [2.05, 4.69) is 27.3 Å². The molecule has 0 unspecified atom stereocenters. The lowest BCUT2D eigenvalue weighted by atomic mass is 9.95. The molecule has 3 rings (SSSR count). The summed E-state index contributed by atoms with van der Waals surface area (Å²) in [6.07, 6.45) is 10.2. The first kappa shape index (κ1) is 21.8. The second-order valence-corrected chi connectivity index (χ2v) is 7.69. The van der Waals surface area contributed by atoms with Crippen LogP contribution in [0, 0.1) is 0 Å². The van der Waals surface area contributed by atoms with Gasteiger partial charge in [-0.3, -0.25) is 4.79 Å². The molecule has 0 aliphatic heterocycles. The molecule has 1 atom stereocenters. The number of allylic oxidation sites excluding steroid dienone is 1. The summed E-state index contributed by atoms with van der Waals surface area (Å²) in [7, 11) is 1.84. The van der Waals surface area contributed by atoms with E-state index in [9.17, 15) is 4.79 Å². The van der Waals surface area contributed by atoms with Crippen LogP contribution in [0.3, 0.4) is 0 Å². The molecule has 1 fully saturated rings. The van der Waals surface area contributed by atoms with Crippen molar-refractivity contribution in [3.8, 4) is 5.75 Å². The van der Waals surface area contributed by atoms with Crippen LogP contribution < -0.4 is 15.4 Å². The molecule has 160 valence electrons. The summed E-state index contributed by atoms with van der Waals surface area (Å²) in [6, 6.07) is 9.86. The highest BCUT2D eigenvalue weighted by atomic mass is 16.5. The van der Waals surface area contributed by atoms with Gasteiger partial charge in [-0.25, -0.2) is 4.99 Å². The number of benzene rings is 1. The molecule has 0 bridgehead atoms. The summed E-state index contributed by atoms with van der Waals surface area (Å²) in [4.78, 5) is 19.7. The summed E-state index contributed by atoms with van der Waals surface area (Å²) in [5.41, 5.74) is 1.95. The van der Waals surface area contributed by atoms with E-state index < -0.39 is 0 Å². The number of ether oxygens (including phenoxy) is 1. The number of amides is 1. The third-order valence-corrected chi connectivity index (χ3v) is 5.62. The van der Waals surface area contributed by atoms with Gasteiger partial charge in [0.05, 0.1) is 11.6 Å². The van der Waals surface area contributed by atoms with Crippen molar-refractivity contribution in [1.82, 2.24) is 15.6 Å². The van der Waals surface area contributed by atoms with Crippen LogP contribution in [0.25, 0.3) is 5.76 Å². The molecule has 2 aromatic rings. The van der Waals surface area contributed by atoms with Crippen molar-refractivity contribution in [2.24, 2.45) is 4.99 Å². The first-order valence-electron chi connectivity index (χ1n) is 10.7. The number of hydrogen-bond acceptors (Lipinski definition) is 4. The molecule has 6 nitrogen and oxygen atoms in total. The maximum atomic E-state index is 12.7. The van der Waals surface area contributed by atoms with Crippen molar-refractivity contribution in [3.63, 3.8) is 0 Å². The molecule has 0 radical (unpaired) electrons. The van der Waals surface area contributed by atoms with Gasteiger partial charge in [-0.2, -0.15) is 0 Å². The molecular weight excluding hydrogens is 376 g/mol. The largest absolute Gasteiger partial charge is 0.457 e. The molecule has 1 amide bonds. The third-order valence-electron chi connectivity index (χ3n) is 5.62. The average molecular weight is 409 g/mol. The maximum Gasteiger partial charge on any atom is 0.237 e. The lowest BCUT2D eigenvalue weighted by Gasteiger charge is -2.25. The molecule has 1 heterocycles. The van der Waals surface area contributed by atoms with Crippen LogP contribution in [0.15, 0.2) is 47.6 Å². The quantitative estimate of drug-likeness (QED) is 0.426. The Morgan fingerprint density at radius 2 is 2.00 bits per heavy atom. The number of aromatic amines is 1. The summed E-state index contributed by atoms with van der Waals surface area (Å²) >= 11 is 0. The zero-order chi connectivity index (χ0) is 21.3. The van der Waals surface area contributed by atoms with Gasteiger partial charge < -0.3 is 20.4 Å². The zero-order valence-corrected chi connectivity index (χ0v) is 17.9. The van der Waals surface area contributed by atoms with Gasteiger partial charge in [0.15, 0.2) is 0 Å². The summed E-state index contributed by atoms with van der Waals surface area (Å²) in [5.74, 6) is 2.21. The van der Waals surface area contributed by atoms with E-state index in [1.54, 1.807) is 0 Å². The highest BCUT2D eigenvalue weighted by Crippen LogP contribution is 2.28. The molecule has 1 aromatic heterocycles. The van der Waals surface area contributed by atoms with Crippen molar-refractivity contribution < 1.29 is 9.53 Å². The number of likely N-dealkylation sites (N-methyl/N-ethyl adjacent to an activating group) is 1. The number of nitrogens with zero attached hydrogens (tertiary/aromatic N) is 1. The molecule has 1 aliphatic rings. The molecule has 1 saturated carbocycles. The van der Waals surface area contributed by atoms with E-state index in [0.717, 1.165) is 29.7 Å². The van der Waals surface area contributed by atoms with E-state index in [4.69, 9.17) is 4.74 Å². The molecule has 30 heavy (non-hydrogen) atoms. The number of rotatable bonds is 9. The van der Waals surface area contributed by atoms with E-state index in [0.29, 0.717) is 24.0 Å². The Morgan fingerprint density at radius 3 is 2.63 bits per heavy atom. The predicted octanol–water partition coefficient (Wildman–Crippen LogP) is 4.37. The second kappa shape index (κ2) is 10.8. The van der Waals surface area contributed by atoms with Crippen LogP contribution in [0.1, 0.15) is 50.2 Å². The molecule has 3 N–H and O–H groups in total. The van der Waals surface area contributed by atoms with Gasteiger partial charge in [0, 0.05) is 12.2 Å². The van der Waals surface area contributed by atoms with Gasteiger partial charge >= 0.3 is 0 Å². The summed E-state index contributed by atoms with van der Waals surface area (Å²) < 4.78 is 6.04. The van der Waals surface area contributed by atoms with Gasteiger partial charge in [0.25, 0.3) is 0 Å². The maximum absolute atomic E-state index is 12.7. The highest BCUT2D eigenvalue weighted by molar-refractivity contribution is 5.82. The van der Waals surface area contributed by atoms with Crippen molar-refractivity contribution in [2.75, 3.05) is 7.05 Å². The van der Waals surface area contributed by atoms with Crippen molar-refractivity contribution in [1.29, 1.82) is 0 Å². The van der Waals surface area contributed by atoms with Crippen LogP contribution in [0.4, 0.5) is 5.82 Å². The predicted molar refractivity (Wildman–Crippen MR) is 122 cm³/mol. The Balaban J connectivity index is 1.60. The smallest absolute Gasteiger partial charge is 0.237 e. The summed E-state index contributed by atoms with van der Waals surface area (Å²) in [6.45, 7) is 5.51. The summed E-state index contributed by atoms with van der Waals surface area (Å²) in [5, 5.41) is 6.37. The van der Waals surface area contributed by atoms with Crippen LogP contribution in [-0.4, -0.2) is 36.7 Å². The number of nitrogens with one attached hydrogen (secondary N) is 3. The fourth-order valence-electron chi connectivity index (χ4n) is 3.89. The molecule has 0 spiro atoms. The lowest BCUT2D eigenvalue weighted by Crippen LogP contribution is -2.48. The normalized spacial score (nSPS) is 16.1. The fourth-order valence-corrected chi connectivity index (χ4v) is 3.89. The van der Waals surface area contributed by atoms with E-state index in [1.165, 1.54) is 19.3 Å². The van der Waals surface area contributed by atoms with Gasteiger partial charge in [-0.05, 0) is 69.8 Å². The molecule has 1 aliphatic carbocycles. The van der Waals surface area contributed by atoms with Crippen LogP contribution in [0.2, 0.25) is 0 Å². The van der Waals surface area contributed by atoms with Crippen molar-refractivity contribution in [2.45, 2.75) is 57.5 Å². The number of aliphatic imine (C=N–C) groups is 1. The Kier molecular flexibility index (Phi) is 7.85. The van der Waals surface area contributed by atoms with E-state index in [-0.39, 0.29) is 11.9 Å². The highest BCUT2D eigenvalue weighted by Gasteiger charge is 2.21. The second-order valence-electron chi connectivity index (χ2n) is 7.69. The first-order valence-corrected chi connectivity index (χ1v) is 10.7. The van der Waals surface area contributed by atoms with Gasteiger partial charge in [0.1, 0.15) is 17.3 Å². The Bertz CT molecular complexity index is 864. The van der Waals surface area contributed by atoms with Gasteiger partial charge in [-0.15, -0.1) is 0 Å². The topological polar surface area (TPSA) is 78.5 Å². The van der Waals surface area contributed by atoms with Gasteiger partial charge in [0.2, 0.25) is 5.91 Å². The SMILES string of the molecule is C=Nc1[nH]ccc1/C(=C\C)Oc1ccc(C[C@H](NC)C(=O)NC2CCCCC2)cc1. The average Bonchev–Trinajstić information content (AvgIpc) is 3.26. The lowest BCUT2D eigenvalue weighted by molar-refractivity contribution is -0.123. The minimum atomic E-state index is -0.245.